The van der Waals surface area contributed by atoms with E-state index in [9.17, 15) is 0 Å². The molecule has 0 heterocycles. The summed E-state index contributed by atoms with van der Waals surface area (Å²) >= 11 is 0. The minimum absolute atomic E-state index is 0. The Morgan fingerprint density at radius 2 is 1.20 bits per heavy atom. The van der Waals surface area contributed by atoms with Gasteiger partial charge in [-0.1, -0.05) is 0 Å². The molecule has 0 bridgehead atoms. The summed E-state index contributed by atoms with van der Waals surface area (Å²) in [6.45, 7) is 0. The SMILES string of the molecule is [Be+2].[H-].[H-].[H-].[H-].[Li+].[Nb].[Rb+].[Ta]. The average molecular weight is 379 g/mol. The van der Waals surface area contributed by atoms with E-state index in [1.807, 2.05) is 0 Å². The normalized spacial score (nSPS) is 0. The van der Waals surface area contributed by atoms with Gasteiger partial charge in [0.15, 0.2) is 0 Å². The van der Waals surface area contributed by atoms with Crippen LogP contribution in [0.15, 0.2) is 0 Å². The third-order valence-corrected chi connectivity index (χ3v) is 0. The fraction of sp³-hybridized carbons (Fsp3) is 0. The van der Waals surface area contributed by atoms with Crippen molar-refractivity contribution in [3.63, 3.8) is 0 Å². The van der Waals surface area contributed by atoms with Crippen molar-refractivity contribution in [3.05, 3.63) is 0 Å². The quantitative estimate of drug-likeness (QED) is 0.368. The standard InChI is InChI=1S/Be.Li.Nb.Rb.Ta.4H/q+2;+1;;+1;;4*-1. The Labute approximate surface area is 134 Å². The van der Waals surface area contributed by atoms with Crippen LogP contribution in [0.2, 0.25) is 0 Å². The molecule has 0 saturated carbocycles. The van der Waals surface area contributed by atoms with Gasteiger partial charge in [-0.15, -0.1) is 0 Å². The van der Waals surface area contributed by atoms with Crippen LogP contribution in [0.4, 0.5) is 0 Å². The van der Waals surface area contributed by atoms with E-state index in [1.165, 1.54) is 0 Å². The Balaban J connectivity index is 0. The summed E-state index contributed by atoms with van der Waals surface area (Å²) in [6, 6.07) is 0. The summed E-state index contributed by atoms with van der Waals surface area (Å²) in [5.74, 6) is 0. The molecule has 0 nitrogen and oxygen atoms in total. The fourth-order valence-corrected chi connectivity index (χ4v) is 0. The molecule has 2 radical (unpaired) electrons. The van der Waals surface area contributed by atoms with Crippen LogP contribution in [0.1, 0.15) is 5.71 Å². The van der Waals surface area contributed by atoms with Gasteiger partial charge in [-0.25, -0.2) is 0 Å². The first-order chi connectivity index (χ1) is 0. The molecule has 5 heteroatoms. The maximum atomic E-state index is 0. The molecule has 0 unspecified atom stereocenters. The van der Waals surface area contributed by atoms with Crippen LogP contribution in [-0.4, -0.2) is 10.1 Å². The summed E-state index contributed by atoms with van der Waals surface area (Å²) in [4.78, 5) is 0. The predicted octanol–water partition coefficient (Wildman–Crippen LogP) is -5.93. The van der Waals surface area contributed by atoms with Crippen molar-refractivity contribution in [2.75, 3.05) is 0 Å². The Bertz CT molecular complexity index is 20.5. The number of hydrogen-bond acceptors (Lipinski definition) is 0. The zero-order valence-corrected chi connectivity index (χ0v) is 13.9. The van der Waals surface area contributed by atoms with E-state index in [-0.39, 0.29) is 138 Å². The monoisotopic (exact) mass is 379 g/mol. The van der Waals surface area contributed by atoms with Gasteiger partial charge in [-0.2, -0.15) is 0 Å². The summed E-state index contributed by atoms with van der Waals surface area (Å²) in [7, 11) is 0. The van der Waals surface area contributed by atoms with E-state index >= 15 is 0 Å². The molecule has 0 fully saturated rings. The van der Waals surface area contributed by atoms with Crippen molar-refractivity contribution in [2.45, 2.75) is 0 Å². The Kier molecular flexibility index (Phi) is 174. The van der Waals surface area contributed by atoms with Crippen molar-refractivity contribution in [1.82, 2.24) is 0 Å². The maximum absolute atomic E-state index is 0. The fourth-order valence-electron chi connectivity index (χ4n) is 0. The van der Waals surface area contributed by atoms with Gasteiger partial charge >= 0.3 is 87.2 Å². The zero-order valence-electron chi connectivity index (χ0n) is 7.60. The average Bonchev–Trinajstić information content (AvgIpc) is 0. The van der Waals surface area contributed by atoms with Gasteiger partial charge < -0.3 is 5.71 Å². The smallest absolute Gasteiger partial charge is 1.00 e. The van der Waals surface area contributed by atoms with Crippen molar-refractivity contribution >= 4 is 10.1 Å². The molecule has 0 aliphatic heterocycles. The Morgan fingerprint density at radius 3 is 1.20 bits per heavy atom. The van der Waals surface area contributed by atoms with E-state index in [2.05, 4.69) is 0 Å². The molecule has 0 rings (SSSR count). The molecular weight excluding hydrogens is 375 g/mol. The van der Waals surface area contributed by atoms with Gasteiger partial charge in [0.2, 0.25) is 0 Å². The summed E-state index contributed by atoms with van der Waals surface area (Å²) in [5, 5.41) is 0. The predicted molar refractivity (Wildman–Crippen MR) is 10.2 cm³/mol. The largest absolute Gasteiger partial charge is 2.00 e. The topological polar surface area (TPSA) is 0 Å². The molecule has 0 atom stereocenters. The number of hydrogen-bond donors (Lipinski definition) is 0. The van der Waals surface area contributed by atoms with Gasteiger partial charge in [-0.3, -0.25) is 0 Å². The van der Waals surface area contributed by atoms with Crippen LogP contribution in [-0.2, 0) is 44.8 Å². The molecule has 0 spiro atoms. The van der Waals surface area contributed by atoms with E-state index in [1.54, 1.807) is 0 Å². The third kappa shape index (κ3) is 18.0. The minimum atomic E-state index is 0. The first kappa shape index (κ1) is 35.7. The molecule has 0 aliphatic rings. The van der Waals surface area contributed by atoms with Gasteiger partial charge in [0.25, 0.3) is 0 Å². The van der Waals surface area contributed by atoms with E-state index < -0.39 is 0 Å². The zero-order chi connectivity index (χ0) is 0. The number of rotatable bonds is 0. The first-order valence-corrected chi connectivity index (χ1v) is 0. The van der Waals surface area contributed by atoms with Crippen LogP contribution in [0, 0.1) is 0 Å². The second-order valence-corrected chi connectivity index (χ2v) is 0. The van der Waals surface area contributed by atoms with Crippen molar-refractivity contribution < 1.29 is 128 Å². The molecule has 0 aromatic rings. The molecular formula is H4BeLiNbRbTa. The van der Waals surface area contributed by atoms with E-state index in [4.69, 9.17) is 0 Å². The van der Waals surface area contributed by atoms with Gasteiger partial charge in [-0.05, 0) is 0 Å². The second-order valence-electron chi connectivity index (χ2n) is 0. The molecule has 0 aliphatic carbocycles. The summed E-state index contributed by atoms with van der Waals surface area (Å²) in [6.07, 6.45) is 0. The molecule has 0 N–H and O–H groups in total. The molecule has 0 saturated heterocycles. The Morgan fingerprint density at radius 1 is 1.20 bits per heavy atom. The minimum Gasteiger partial charge on any atom is -1.00 e. The van der Waals surface area contributed by atoms with Crippen molar-refractivity contribution in [3.8, 4) is 0 Å². The molecule has 0 amide bonds. The first-order valence-electron chi connectivity index (χ1n) is 0. The third-order valence-electron chi connectivity index (χ3n) is 0. The van der Waals surface area contributed by atoms with Crippen molar-refractivity contribution in [1.29, 1.82) is 0 Å². The van der Waals surface area contributed by atoms with E-state index in [0.717, 1.165) is 0 Å². The molecule has 18 valence electrons. The maximum Gasteiger partial charge on any atom is 2.00 e. The van der Waals surface area contributed by atoms with Gasteiger partial charge in [0.05, 0.1) is 0 Å². The van der Waals surface area contributed by atoms with Crippen LogP contribution in [0.25, 0.3) is 0 Å². The van der Waals surface area contributed by atoms with Gasteiger partial charge in [0.1, 0.15) is 0 Å². The van der Waals surface area contributed by atoms with Crippen LogP contribution in [0.5, 0.6) is 0 Å². The van der Waals surface area contributed by atoms with Crippen LogP contribution >= 0.6 is 0 Å². The second kappa shape index (κ2) is 24.4. The van der Waals surface area contributed by atoms with Crippen LogP contribution < -0.4 is 77.0 Å². The van der Waals surface area contributed by atoms with E-state index in [0.29, 0.717) is 0 Å². The van der Waals surface area contributed by atoms with Gasteiger partial charge in [0, 0.05) is 44.8 Å². The molecule has 5 heavy (non-hydrogen) atoms. The Hall–Kier alpha value is 4.05. The van der Waals surface area contributed by atoms with Crippen molar-refractivity contribution in [2.24, 2.45) is 0 Å². The summed E-state index contributed by atoms with van der Waals surface area (Å²) in [5.41, 5.74) is 0. The van der Waals surface area contributed by atoms with Crippen LogP contribution in [0.3, 0.4) is 0 Å². The molecule has 0 aromatic carbocycles. The summed E-state index contributed by atoms with van der Waals surface area (Å²) < 4.78 is 0. The molecule has 0 aromatic heterocycles.